The predicted molar refractivity (Wildman–Crippen MR) is 72.9 cm³/mol. The summed E-state index contributed by atoms with van der Waals surface area (Å²) in [6.45, 7) is 0.918. The van der Waals surface area contributed by atoms with Crippen molar-refractivity contribution in [1.29, 1.82) is 0 Å². The number of aliphatic carboxylic acids is 1. The normalized spacial score (nSPS) is 10.3. The number of amides is 2. The molecule has 2 aromatic rings. The number of carboxylic acids is 1. The molecular formula is C13H14N4O4. The van der Waals surface area contributed by atoms with Crippen LogP contribution in [-0.4, -0.2) is 45.4 Å². The number of aromatic nitrogens is 2. The molecule has 0 radical (unpaired) electrons. The van der Waals surface area contributed by atoms with Crippen molar-refractivity contribution in [3.63, 3.8) is 0 Å². The first kappa shape index (κ1) is 14.5. The fourth-order valence-electron chi connectivity index (χ4n) is 1.87. The van der Waals surface area contributed by atoms with E-state index in [1.54, 1.807) is 29.7 Å². The van der Waals surface area contributed by atoms with Gasteiger partial charge in [-0.2, -0.15) is 0 Å². The zero-order chi connectivity index (χ0) is 15.4. The Morgan fingerprint density at radius 2 is 2.00 bits per heavy atom. The maximum absolute atomic E-state index is 12.1. The smallest absolute Gasteiger partial charge is 0.322 e. The zero-order valence-corrected chi connectivity index (χ0v) is 11.3. The van der Waals surface area contributed by atoms with Gasteiger partial charge in [0.25, 0.3) is 5.91 Å². The lowest BCUT2D eigenvalue weighted by Gasteiger charge is -2.06. The Morgan fingerprint density at radius 1 is 1.24 bits per heavy atom. The lowest BCUT2D eigenvalue weighted by Crippen LogP contribution is -2.39. The molecule has 0 fully saturated rings. The van der Waals surface area contributed by atoms with E-state index in [1.165, 1.54) is 0 Å². The maximum Gasteiger partial charge on any atom is 0.322 e. The summed E-state index contributed by atoms with van der Waals surface area (Å²) in [5.74, 6) is -2.17. The highest BCUT2D eigenvalue weighted by Gasteiger charge is 2.16. The Kier molecular flexibility index (Phi) is 4.17. The molecule has 3 N–H and O–H groups in total. The van der Waals surface area contributed by atoms with Gasteiger partial charge in [0.05, 0.1) is 12.2 Å². The third-order valence-corrected chi connectivity index (χ3v) is 2.77. The predicted octanol–water partition coefficient (Wildman–Crippen LogP) is -0.427. The largest absolute Gasteiger partial charge is 0.480 e. The Balaban J connectivity index is 2.04. The number of carbonyl (C=O) groups is 3. The molecule has 0 aliphatic carbocycles. The van der Waals surface area contributed by atoms with Crippen molar-refractivity contribution in [3.8, 4) is 0 Å². The second-order valence-electron chi connectivity index (χ2n) is 4.33. The van der Waals surface area contributed by atoms with E-state index in [4.69, 9.17) is 5.11 Å². The molecule has 2 rings (SSSR count). The molecule has 0 aromatic carbocycles. The van der Waals surface area contributed by atoms with Crippen LogP contribution >= 0.6 is 0 Å². The highest BCUT2D eigenvalue weighted by atomic mass is 16.4. The van der Waals surface area contributed by atoms with Crippen LogP contribution in [0.25, 0.3) is 5.65 Å². The lowest BCUT2D eigenvalue weighted by atomic mass is 10.3. The van der Waals surface area contributed by atoms with Crippen molar-refractivity contribution in [1.82, 2.24) is 20.0 Å². The van der Waals surface area contributed by atoms with Crippen LogP contribution in [0.3, 0.4) is 0 Å². The molecule has 0 bridgehead atoms. The van der Waals surface area contributed by atoms with Crippen molar-refractivity contribution in [2.45, 2.75) is 6.92 Å². The molecule has 8 heteroatoms. The van der Waals surface area contributed by atoms with Gasteiger partial charge in [-0.05, 0) is 19.1 Å². The van der Waals surface area contributed by atoms with E-state index in [9.17, 15) is 14.4 Å². The first-order valence-corrected chi connectivity index (χ1v) is 6.19. The third-order valence-electron chi connectivity index (χ3n) is 2.77. The summed E-state index contributed by atoms with van der Waals surface area (Å²) in [5, 5.41) is 13.0. The fraction of sp³-hybridized carbons (Fsp3) is 0.231. The number of imidazole rings is 1. The van der Waals surface area contributed by atoms with Gasteiger partial charge in [0.2, 0.25) is 5.91 Å². The number of nitrogens with zero attached hydrogens (tertiary/aromatic N) is 2. The highest BCUT2D eigenvalue weighted by molar-refractivity contribution is 5.97. The monoisotopic (exact) mass is 290 g/mol. The second kappa shape index (κ2) is 6.04. The maximum atomic E-state index is 12.1. The van der Waals surface area contributed by atoms with Crippen LogP contribution in [0.15, 0.2) is 24.4 Å². The van der Waals surface area contributed by atoms with E-state index in [1.807, 2.05) is 6.07 Å². The van der Waals surface area contributed by atoms with Crippen LogP contribution in [0, 0.1) is 6.92 Å². The van der Waals surface area contributed by atoms with Gasteiger partial charge in [0.1, 0.15) is 17.9 Å². The number of fused-ring (bicyclic) bond motifs is 1. The van der Waals surface area contributed by atoms with Crippen LogP contribution in [0.1, 0.15) is 16.2 Å². The van der Waals surface area contributed by atoms with Crippen molar-refractivity contribution in [3.05, 3.63) is 35.8 Å². The molecular weight excluding hydrogens is 276 g/mol. The summed E-state index contributed by atoms with van der Waals surface area (Å²) in [6.07, 6.45) is 1.70. The van der Waals surface area contributed by atoms with Crippen LogP contribution in [0.5, 0.6) is 0 Å². The molecule has 2 heterocycles. The summed E-state index contributed by atoms with van der Waals surface area (Å²) in [5.41, 5.74) is 1.52. The van der Waals surface area contributed by atoms with Gasteiger partial charge < -0.3 is 15.7 Å². The van der Waals surface area contributed by atoms with E-state index in [0.717, 1.165) is 0 Å². The van der Waals surface area contributed by atoms with E-state index in [0.29, 0.717) is 17.0 Å². The number of carboxylic acid groups (broad SMARTS) is 1. The van der Waals surface area contributed by atoms with Gasteiger partial charge in [-0.15, -0.1) is 0 Å². The van der Waals surface area contributed by atoms with Crippen LogP contribution in [0.2, 0.25) is 0 Å². The van der Waals surface area contributed by atoms with Crippen molar-refractivity contribution in [2.75, 3.05) is 13.1 Å². The molecule has 0 spiro atoms. The Morgan fingerprint density at radius 3 is 2.71 bits per heavy atom. The molecule has 110 valence electrons. The number of rotatable bonds is 5. The number of carbonyl (C=O) groups excluding carboxylic acids is 2. The molecule has 0 saturated carbocycles. The SMILES string of the molecule is Cc1nc2ccccn2c1C(=O)NCC(=O)NCC(=O)O. The Hall–Kier alpha value is -2.90. The summed E-state index contributed by atoms with van der Waals surface area (Å²) in [4.78, 5) is 38.0. The van der Waals surface area contributed by atoms with E-state index < -0.39 is 24.3 Å². The molecule has 0 aliphatic rings. The van der Waals surface area contributed by atoms with Gasteiger partial charge in [-0.25, -0.2) is 4.98 Å². The molecule has 0 saturated heterocycles. The van der Waals surface area contributed by atoms with Crippen molar-refractivity contribution >= 4 is 23.4 Å². The number of nitrogens with one attached hydrogen (secondary N) is 2. The molecule has 2 aromatic heterocycles. The summed E-state index contributed by atoms with van der Waals surface area (Å²) in [7, 11) is 0. The highest BCUT2D eigenvalue weighted by Crippen LogP contribution is 2.11. The minimum absolute atomic E-state index is 0.300. The first-order chi connectivity index (χ1) is 9.99. The lowest BCUT2D eigenvalue weighted by molar-refractivity contribution is -0.137. The Bertz CT molecular complexity index is 707. The zero-order valence-electron chi connectivity index (χ0n) is 11.3. The standard InChI is InChI=1S/C13H14N4O4/c1-8-12(17-5-3-2-4-9(17)16-8)13(21)15-6-10(18)14-7-11(19)20/h2-5H,6-7H2,1H3,(H,14,18)(H,15,21)(H,19,20). The van der Waals surface area contributed by atoms with Crippen molar-refractivity contribution in [2.24, 2.45) is 0 Å². The second-order valence-corrected chi connectivity index (χ2v) is 4.33. The van der Waals surface area contributed by atoms with Crippen molar-refractivity contribution < 1.29 is 19.5 Å². The summed E-state index contributed by atoms with van der Waals surface area (Å²) < 4.78 is 1.62. The average Bonchev–Trinajstić information content (AvgIpc) is 2.78. The molecule has 0 aliphatic heterocycles. The first-order valence-electron chi connectivity index (χ1n) is 6.19. The van der Waals surface area contributed by atoms with Gasteiger partial charge in [-0.3, -0.25) is 18.8 Å². The average molecular weight is 290 g/mol. The number of pyridine rings is 1. The quantitative estimate of drug-likeness (QED) is 0.692. The van der Waals surface area contributed by atoms with Crippen LogP contribution in [-0.2, 0) is 9.59 Å². The minimum Gasteiger partial charge on any atom is -0.480 e. The molecule has 21 heavy (non-hydrogen) atoms. The van der Waals surface area contributed by atoms with Gasteiger partial charge >= 0.3 is 5.97 Å². The third kappa shape index (κ3) is 3.35. The summed E-state index contributed by atoms with van der Waals surface area (Å²) in [6, 6.07) is 5.34. The van der Waals surface area contributed by atoms with Crippen LogP contribution in [0.4, 0.5) is 0 Å². The molecule has 0 unspecified atom stereocenters. The molecule has 8 nitrogen and oxygen atoms in total. The number of hydrogen-bond donors (Lipinski definition) is 3. The van der Waals surface area contributed by atoms with E-state index >= 15 is 0 Å². The number of aryl methyl sites for hydroxylation is 1. The fourth-order valence-corrected chi connectivity index (χ4v) is 1.87. The van der Waals surface area contributed by atoms with E-state index in [2.05, 4.69) is 15.6 Å². The molecule has 2 amide bonds. The van der Waals surface area contributed by atoms with Gasteiger partial charge in [-0.1, -0.05) is 6.07 Å². The van der Waals surface area contributed by atoms with Gasteiger partial charge in [0, 0.05) is 6.20 Å². The Labute approximate surface area is 119 Å². The van der Waals surface area contributed by atoms with Gasteiger partial charge in [0.15, 0.2) is 0 Å². The van der Waals surface area contributed by atoms with E-state index in [-0.39, 0.29) is 6.54 Å². The molecule has 0 atom stereocenters. The number of hydrogen-bond acceptors (Lipinski definition) is 4. The minimum atomic E-state index is -1.15. The van der Waals surface area contributed by atoms with Crippen LogP contribution < -0.4 is 10.6 Å². The topological polar surface area (TPSA) is 113 Å². The summed E-state index contributed by atoms with van der Waals surface area (Å²) >= 11 is 0.